The highest BCUT2D eigenvalue weighted by Crippen LogP contribution is 2.28. The molecule has 0 spiro atoms. The van der Waals surface area contributed by atoms with E-state index in [9.17, 15) is 14.4 Å². The zero-order valence-electron chi connectivity index (χ0n) is 18.2. The first-order valence-electron chi connectivity index (χ1n) is 10.3. The molecule has 0 bridgehead atoms. The van der Waals surface area contributed by atoms with Gasteiger partial charge in [0.05, 0.1) is 13.0 Å². The van der Waals surface area contributed by atoms with Crippen molar-refractivity contribution >= 4 is 17.7 Å². The van der Waals surface area contributed by atoms with E-state index >= 15 is 0 Å². The van der Waals surface area contributed by atoms with E-state index in [1.54, 1.807) is 33.9 Å². The van der Waals surface area contributed by atoms with Crippen molar-refractivity contribution in [2.45, 2.75) is 32.7 Å². The van der Waals surface area contributed by atoms with E-state index in [1.807, 2.05) is 32.9 Å². The minimum Gasteiger partial charge on any atom is -0.493 e. The second-order valence-corrected chi connectivity index (χ2v) is 8.72. The van der Waals surface area contributed by atoms with Crippen LogP contribution < -0.4 is 9.47 Å². The zero-order chi connectivity index (χ0) is 21.9. The lowest BCUT2D eigenvalue weighted by molar-refractivity contribution is -0.142. The van der Waals surface area contributed by atoms with Crippen LogP contribution >= 0.6 is 0 Å². The average molecular weight is 418 g/mol. The van der Waals surface area contributed by atoms with Gasteiger partial charge in [0.25, 0.3) is 5.91 Å². The summed E-state index contributed by atoms with van der Waals surface area (Å²) in [4.78, 5) is 42.9. The molecule has 3 rings (SSSR count). The van der Waals surface area contributed by atoms with Gasteiger partial charge in [-0.3, -0.25) is 14.4 Å². The van der Waals surface area contributed by atoms with Crippen LogP contribution in [0, 0.1) is 5.92 Å². The molecule has 3 amide bonds. The molecule has 8 nitrogen and oxygen atoms in total. The monoisotopic (exact) mass is 417 g/mol. The molecule has 0 aliphatic carbocycles. The van der Waals surface area contributed by atoms with Crippen molar-refractivity contribution in [3.63, 3.8) is 0 Å². The molecule has 0 radical (unpaired) electrons. The highest BCUT2D eigenvalue weighted by atomic mass is 16.5. The van der Waals surface area contributed by atoms with Crippen molar-refractivity contribution in [2.24, 2.45) is 5.92 Å². The normalized spacial score (nSPS) is 19.8. The number of nitrogens with zero attached hydrogens (tertiary/aromatic N) is 3. The predicted octanol–water partition coefficient (Wildman–Crippen LogP) is 1.39. The molecule has 2 aliphatic rings. The second-order valence-electron chi connectivity index (χ2n) is 8.72. The predicted molar refractivity (Wildman–Crippen MR) is 111 cm³/mol. The Morgan fingerprint density at radius 1 is 1.03 bits per heavy atom. The number of hydrogen-bond donors (Lipinski definition) is 0. The molecule has 164 valence electrons. The average Bonchev–Trinajstić information content (AvgIpc) is 3.14. The van der Waals surface area contributed by atoms with Crippen LogP contribution in [0.1, 0.15) is 27.2 Å². The SMILES string of the molecule is COc1ccccc1OCC(=O)N1CCN(C(=O)C2CC(=O)N(C(C)(C)C)C2)CC1. The summed E-state index contributed by atoms with van der Waals surface area (Å²) in [5, 5.41) is 0. The number of ether oxygens (including phenoxy) is 2. The topological polar surface area (TPSA) is 79.4 Å². The van der Waals surface area contributed by atoms with E-state index in [-0.39, 0.29) is 42.2 Å². The summed E-state index contributed by atoms with van der Waals surface area (Å²) >= 11 is 0. The molecule has 0 saturated carbocycles. The molecule has 2 saturated heterocycles. The maximum Gasteiger partial charge on any atom is 0.260 e. The standard InChI is InChI=1S/C22H31N3O5/c1-22(2,3)25-14-16(13-19(25)26)21(28)24-11-9-23(10-12-24)20(27)15-30-18-8-6-5-7-17(18)29-4/h5-8,16H,9-15H2,1-4H3. The third kappa shape index (κ3) is 4.86. The van der Waals surface area contributed by atoms with E-state index < -0.39 is 0 Å². The van der Waals surface area contributed by atoms with E-state index in [4.69, 9.17) is 9.47 Å². The maximum absolute atomic E-state index is 12.9. The van der Waals surface area contributed by atoms with Crippen LogP contribution in [0.25, 0.3) is 0 Å². The molecule has 1 atom stereocenters. The first-order valence-corrected chi connectivity index (χ1v) is 10.3. The minimum atomic E-state index is -0.298. The van der Waals surface area contributed by atoms with Crippen LogP contribution in [0.2, 0.25) is 0 Å². The molecule has 0 aromatic heterocycles. The maximum atomic E-state index is 12.9. The molecule has 0 N–H and O–H groups in total. The summed E-state index contributed by atoms with van der Waals surface area (Å²) in [7, 11) is 1.55. The lowest BCUT2D eigenvalue weighted by atomic mass is 10.1. The Morgan fingerprint density at radius 3 is 2.20 bits per heavy atom. The van der Waals surface area contributed by atoms with E-state index in [1.165, 1.54) is 0 Å². The molecule has 2 heterocycles. The van der Waals surface area contributed by atoms with Crippen molar-refractivity contribution in [3.05, 3.63) is 24.3 Å². The highest BCUT2D eigenvalue weighted by molar-refractivity contribution is 5.89. The Kier molecular flexibility index (Phi) is 6.53. The van der Waals surface area contributed by atoms with Crippen LogP contribution in [0.5, 0.6) is 11.5 Å². The highest BCUT2D eigenvalue weighted by Gasteiger charge is 2.41. The Morgan fingerprint density at radius 2 is 1.63 bits per heavy atom. The van der Waals surface area contributed by atoms with E-state index in [0.29, 0.717) is 44.2 Å². The number of rotatable bonds is 5. The Balaban J connectivity index is 1.48. The Labute approximate surface area is 177 Å². The number of piperazine rings is 1. The summed E-state index contributed by atoms with van der Waals surface area (Å²) in [6.07, 6.45) is 0.266. The van der Waals surface area contributed by atoms with Gasteiger partial charge in [-0.15, -0.1) is 0 Å². The van der Waals surface area contributed by atoms with Crippen molar-refractivity contribution in [2.75, 3.05) is 46.4 Å². The number of likely N-dealkylation sites (tertiary alicyclic amines) is 1. The van der Waals surface area contributed by atoms with Gasteiger partial charge in [-0.1, -0.05) is 12.1 Å². The third-order valence-electron chi connectivity index (χ3n) is 5.65. The van der Waals surface area contributed by atoms with Gasteiger partial charge in [0.15, 0.2) is 18.1 Å². The van der Waals surface area contributed by atoms with Gasteiger partial charge in [-0.05, 0) is 32.9 Å². The van der Waals surface area contributed by atoms with Gasteiger partial charge < -0.3 is 24.2 Å². The number of methoxy groups -OCH3 is 1. The molecule has 2 fully saturated rings. The van der Waals surface area contributed by atoms with Crippen LogP contribution in [-0.4, -0.2) is 84.4 Å². The van der Waals surface area contributed by atoms with Gasteiger partial charge in [-0.2, -0.15) is 0 Å². The second kappa shape index (κ2) is 8.93. The summed E-state index contributed by atoms with van der Waals surface area (Å²) in [6, 6.07) is 7.19. The van der Waals surface area contributed by atoms with Gasteiger partial charge in [0.1, 0.15) is 0 Å². The first kappa shape index (κ1) is 21.9. The number of para-hydroxylation sites is 2. The first-order chi connectivity index (χ1) is 14.2. The van der Waals surface area contributed by atoms with Gasteiger partial charge in [0.2, 0.25) is 11.8 Å². The fraction of sp³-hybridized carbons (Fsp3) is 0.591. The Bertz CT molecular complexity index is 796. The molecule has 1 aromatic carbocycles. The third-order valence-corrected chi connectivity index (χ3v) is 5.65. The van der Waals surface area contributed by atoms with Gasteiger partial charge in [-0.25, -0.2) is 0 Å². The number of amides is 3. The van der Waals surface area contributed by atoms with Gasteiger partial charge >= 0.3 is 0 Å². The summed E-state index contributed by atoms with van der Waals surface area (Å²) in [5.74, 6) is 0.721. The molecule has 8 heteroatoms. The van der Waals surface area contributed by atoms with Crippen molar-refractivity contribution in [1.29, 1.82) is 0 Å². The molecule has 1 unspecified atom stereocenters. The number of carbonyl (C=O) groups is 3. The van der Waals surface area contributed by atoms with Crippen molar-refractivity contribution < 1.29 is 23.9 Å². The Hall–Kier alpha value is -2.77. The lowest BCUT2D eigenvalue weighted by Gasteiger charge is -2.36. The minimum absolute atomic E-state index is 0.00692. The summed E-state index contributed by atoms with van der Waals surface area (Å²) in [5.41, 5.74) is -0.279. The zero-order valence-corrected chi connectivity index (χ0v) is 18.2. The summed E-state index contributed by atoms with van der Waals surface area (Å²) in [6.45, 7) is 8.20. The van der Waals surface area contributed by atoms with Crippen LogP contribution in [0.15, 0.2) is 24.3 Å². The molecular weight excluding hydrogens is 386 g/mol. The van der Waals surface area contributed by atoms with Gasteiger partial charge in [0, 0.05) is 44.7 Å². The number of hydrogen-bond acceptors (Lipinski definition) is 5. The number of carbonyl (C=O) groups excluding carboxylic acids is 3. The molecule has 30 heavy (non-hydrogen) atoms. The smallest absolute Gasteiger partial charge is 0.260 e. The molecule has 2 aliphatic heterocycles. The summed E-state index contributed by atoms with van der Waals surface area (Å²) < 4.78 is 10.8. The molecular formula is C22H31N3O5. The lowest BCUT2D eigenvalue weighted by Crippen LogP contribution is -2.53. The van der Waals surface area contributed by atoms with E-state index in [0.717, 1.165) is 0 Å². The van der Waals surface area contributed by atoms with Crippen molar-refractivity contribution in [3.8, 4) is 11.5 Å². The molecule has 1 aromatic rings. The van der Waals surface area contributed by atoms with E-state index in [2.05, 4.69) is 0 Å². The largest absolute Gasteiger partial charge is 0.493 e. The quantitative estimate of drug-likeness (QED) is 0.724. The fourth-order valence-corrected chi connectivity index (χ4v) is 3.92. The van der Waals surface area contributed by atoms with Crippen LogP contribution in [0.4, 0.5) is 0 Å². The van der Waals surface area contributed by atoms with Crippen LogP contribution in [0.3, 0.4) is 0 Å². The van der Waals surface area contributed by atoms with Crippen molar-refractivity contribution in [1.82, 2.24) is 14.7 Å². The van der Waals surface area contributed by atoms with Crippen LogP contribution in [-0.2, 0) is 14.4 Å². The number of benzene rings is 1. The fourth-order valence-electron chi connectivity index (χ4n) is 3.92.